The fourth-order valence-electron chi connectivity index (χ4n) is 2.39. The molecule has 1 aliphatic rings. The van der Waals surface area contributed by atoms with Crippen LogP contribution < -0.4 is 0 Å². The van der Waals surface area contributed by atoms with Crippen molar-refractivity contribution in [3.8, 4) is 0 Å². The topological polar surface area (TPSA) is 20.2 Å². The van der Waals surface area contributed by atoms with Gasteiger partial charge in [0.25, 0.3) is 0 Å². The van der Waals surface area contributed by atoms with Gasteiger partial charge in [-0.1, -0.05) is 24.6 Å². The molecule has 100 valence electrons. The number of alkyl halides is 3. The lowest BCUT2D eigenvalue weighted by Crippen LogP contribution is -2.40. The Morgan fingerprint density at radius 2 is 1.89 bits per heavy atom. The first-order chi connectivity index (χ1) is 8.41. The van der Waals surface area contributed by atoms with Crippen molar-refractivity contribution in [3.63, 3.8) is 0 Å². The van der Waals surface area contributed by atoms with Crippen molar-refractivity contribution < 1.29 is 18.3 Å². The Morgan fingerprint density at radius 1 is 1.28 bits per heavy atom. The number of halogens is 3. The van der Waals surface area contributed by atoms with Crippen molar-refractivity contribution in [2.24, 2.45) is 0 Å². The fourth-order valence-corrected chi connectivity index (χ4v) is 3.44. The first kappa shape index (κ1) is 13.7. The molecule has 0 saturated heterocycles. The van der Waals surface area contributed by atoms with Gasteiger partial charge < -0.3 is 5.11 Å². The summed E-state index contributed by atoms with van der Waals surface area (Å²) in [5.74, 6) is 0. The van der Waals surface area contributed by atoms with Gasteiger partial charge in [0.1, 0.15) is 0 Å². The summed E-state index contributed by atoms with van der Waals surface area (Å²) >= 11 is 1.46. The Labute approximate surface area is 108 Å². The minimum absolute atomic E-state index is 0.000880. The third-order valence-corrected chi connectivity index (χ3v) is 5.11. The van der Waals surface area contributed by atoms with E-state index in [2.05, 4.69) is 0 Å². The van der Waals surface area contributed by atoms with Gasteiger partial charge in [-0.2, -0.15) is 24.9 Å². The van der Waals surface area contributed by atoms with Crippen molar-refractivity contribution in [3.05, 3.63) is 35.4 Å². The zero-order valence-electron chi connectivity index (χ0n) is 10.00. The number of rotatable bonds is 3. The molecule has 1 fully saturated rings. The van der Waals surface area contributed by atoms with E-state index in [4.69, 9.17) is 0 Å². The minimum atomic E-state index is -4.42. The molecule has 0 spiro atoms. The average molecular weight is 276 g/mol. The molecular weight excluding hydrogens is 261 g/mol. The lowest BCUT2D eigenvalue weighted by molar-refractivity contribution is -0.139. The predicted octanol–water partition coefficient (Wildman–Crippen LogP) is 4.02. The minimum Gasteiger partial charge on any atom is -0.387 e. The van der Waals surface area contributed by atoms with Crippen LogP contribution in [0.4, 0.5) is 13.2 Å². The molecule has 1 unspecified atom stereocenters. The first-order valence-electron chi connectivity index (χ1n) is 5.80. The Bertz CT molecular complexity index is 421. The first-order valence-corrected chi connectivity index (χ1v) is 7.02. The summed E-state index contributed by atoms with van der Waals surface area (Å²) in [6.07, 6.45) is -1.13. The van der Waals surface area contributed by atoms with E-state index in [-0.39, 0.29) is 5.56 Å². The van der Waals surface area contributed by atoms with E-state index >= 15 is 0 Å². The predicted molar refractivity (Wildman–Crippen MR) is 66.5 cm³/mol. The van der Waals surface area contributed by atoms with Gasteiger partial charge in [0.2, 0.25) is 0 Å². The molecule has 0 radical (unpaired) electrons. The highest BCUT2D eigenvalue weighted by Crippen LogP contribution is 2.52. The summed E-state index contributed by atoms with van der Waals surface area (Å²) in [7, 11) is 0. The molecule has 5 heteroatoms. The second kappa shape index (κ2) is 4.78. The molecule has 18 heavy (non-hydrogen) atoms. The standard InChI is InChI=1S/C13H15F3OS/c1-18-12(7-4-8-12)11(17)9-5-2-3-6-10(9)13(14,15)16/h2-3,5-6,11,17H,4,7-8H2,1H3. The molecular formula is C13H15F3OS. The van der Waals surface area contributed by atoms with Gasteiger partial charge >= 0.3 is 6.18 Å². The Hall–Kier alpha value is -0.680. The van der Waals surface area contributed by atoms with Crippen LogP contribution in [0, 0.1) is 0 Å². The Kier molecular flexibility index (Phi) is 3.65. The van der Waals surface area contributed by atoms with Crippen LogP contribution in [0.25, 0.3) is 0 Å². The molecule has 0 heterocycles. The third kappa shape index (κ3) is 2.26. The molecule has 1 saturated carbocycles. The number of aliphatic hydroxyl groups is 1. The van der Waals surface area contributed by atoms with Gasteiger partial charge in [-0.25, -0.2) is 0 Å². The number of benzene rings is 1. The zero-order valence-corrected chi connectivity index (χ0v) is 10.8. The summed E-state index contributed by atoms with van der Waals surface area (Å²) in [6.45, 7) is 0. The van der Waals surface area contributed by atoms with Crippen LogP contribution in [0.15, 0.2) is 24.3 Å². The van der Waals surface area contributed by atoms with E-state index in [1.165, 1.54) is 23.9 Å². The van der Waals surface area contributed by atoms with E-state index in [0.29, 0.717) is 0 Å². The van der Waals surface area contributed by atoms with Crippen LogP contribution in [0.5, 0.6) is 0 Å². The van der Waals surface area contributed by atoms with Crippen molar-refractivity contribution in [1.29, 1.82) is 0 Å². The van der Waals surface area contributed by atoms with Gasteiger partial charge in [-0.3, -0.25) is 0 Å². The van der Waals surface area contributed by atoms with Gasteiger partial charge in [0, 0.05) is 4.75 Å². The molecule has 0 aromatic heterocycles. The highest BCUT2D eigenvalue weighted by atomic mass is 32.2. The molecule has 2 rings (SSSR count). The highest BCUT2D eigenvalue weighted by Gasteiger charge is 2.46. The van der Waals surface area contributed by atoms with Crippen molar-refractivity contribution in [2.75, 3.05) is 6.26 Å². The van der Waals surface area contributed by atoms with E-state index in [0.717, 1.165) is 25.3 Å². The zero-order chi connectivity index (χ0) is 13.4. The summed E-state index contributed by atoms with van der Waals surface area (Å²) < 4.78 is 38.3. The molecule has 1 atom stereocenters. The van der Waals surface area contributed by atoms with Crippen molar-refractivity contribution in [2.45, 2.75) is 36.3 Å². The van der Waals surface area contributed by atoms with Crippen LogP contribution >= 0.6 is 11.8 Å². The van der Waals surface area contributed by atoms with E-state index in [1.807, 2.05) is 6.26 Å². The molecule has 1 N–H and O–H groups in total. The molecule has 0 aliphatic heterocycles. The highest BCUT2D eigenvalue weighted by molar-refractivity contribution is 8.00. The molecule has 1 nitrogen and oxygen atoms in total. The monoisotopic (exact) mass is 276 g/mol. The third-order valence-electron chi connectivity index (χ3n) is 3.67. The Balaban J connectivity index is 2.39. The summed E-state index contributed by atoms with van der Waals surface area (Å²) in [5, 5.41) is 10.3. The molecule has 1 aromatic carbocycles. The quantitative estimate of drug-likeness (QED) is 0.899. The largest absolute Gasteiger partial charge is 0.416 e. The molecule has 1 aliphatic carbocycles. The maximum Gasteiger partial charge on any atom is 0.416 e. The van der Waals surface area contributed by atoms with Crippen LogP contribution in [0.1, 0.15) is 36.5 Å². The average Bonchev–Trinajstić information content (AvgIpc) is 2.27. The Morgan fingerprint density at radius 3 is 2.33 bits per heavy atom. The SMILES string of the molecule is CSC1(C(O)c2ccccc2C(F)(F)F)CCC1. The normalized spacial score (nSPS) is 20.3. The van der Waals surface area contributed by atoms with Crippen molar-refractivity contribution >= 4 is 11.8 Å². The van der Waals surface area contributed by atoms with E-state index < -0.39 is 22.6 Å². The van der Waals surface area contributed by atoms with E-state index in [1.54, 1.807) is 6.07 Å². The van der Waals surface area contributed by atoms with Crippen LogP contribution in [0.2, 0.25) is 0 Å². The number of thioether (sulfide) groups is 1. The summed E-state index contributed by atoms with van der Waals surface area (Å²) in [6, 6.07) is 5.31. The van der Waals surface area contributed by atoms with Crippen LogP contribution in [-0.2, 0) is 6.18 Å². The number of aliphatic hydroxyl groups excluding tert-OH is 1. The summed E-state index contributed by atoms with van der Waals surface area (Å²) in [5.41, 5.74) is -0.725. The van der Waals surface area contributed by atoms with Gasteiger partial charge in [0.05, 0.1) is 11.7 Å². The lowest BCUT2D eigenvalue weighted by Gasteiger charge is -2.44. The van der Waals surface area contributed by atoms with E-state index in [9.17, 15) is 18.3 Å². The maximum atomic E-state index is 12.9. The fraction of sp³-hybridized carbons (Fsp3) is 0.538. The number of hydrogen-bond acceptors (Lipinski definition) is 2. The molecule has 1 aromatic rings. The maximum absolute atomic E-state index is 12.9. The van der Waals surface area contributed by atoms with Crippen LogP contribution in [0.3, 0.4) is 0 Å². The van der Waals surface area contributed by atoms with Gasteiger partial charge in [-0.05, 0) is 30.7 Å². The lowest BCUT2D eigenvalue weighted by atomic mass is 9.76. The smallest absolute Gasteiger partial charge is 0.387 e. The van der Waals surface area contributed by atoms with Crippen LogP contribution in [-0.4, -0.2) is 16.1 Å². The van der Waals surface area contributed by atoms with Crippen molar-refractivity contribution in [1.82, 2.24) is 0 Å². The molecule has 0 amide bonds. The number of hydrogen-bond donors (Lipinski definition) is 1. The molecule has 0 bridgehead atoms. The second-order valence-electron chi connectivity index (χ2n) is 4.61. The van der Waals surface area contributed by atoms with Gasteiger partial charge in [0.15, 0.2) is 0 Å². The summed E-state index contributed by atoms with van der Waals surface area (Å²) in [4.78, 5) is 0. The van der Waals surface area contributed by atoms with Gasteiger partial charge in [-0.15, -0.1) is 0 Å². The second-order valence-corrected chi connectivity index (χ2v) is 5.83.